The van der Waals surface area contributed by atoms with Crippen LogP contribution in [-0.4, -0.2) is 15.0 Å². The van der Waals surface area contributed by atoms with Crippen LogP contribution in [0.4, 0.5) is 0 Å². The van der Waals surface area contributed by atoms with E-state index in [4.69, 9.17) is 0 Å². The van der Waals surface area contributed by atoms with E-state index in [0.29, 0.717) is 0 Å². The minimum atomic E-state index is 0.781. The molecule has 1 aromatic carbocycles. The van der Waals surface area contributed by atoms with Crippen LogP contribution in [0, 0.1) is 0 Å². The van der Waals surface area contributed by atoms with Crippen molar-refractivity contribution >= 4 is 10.8 Å². The van der Waals surface area contributed by atoms with Gasteiger partial charge in [0.15, 0.2) is 0 Å². The van der Waals surface area contributed by atoms with E-state index < -0.39 is 0 Å². The van der Waals surface area contributed by atoms with E-state index in [0.717, 1.165) is 18.8 Å². The minimum absolute atomic E-state index is 0.781. The van der Waals surface area contributed by atoms with Crippen molar-refractivity contribution in [3.8, 4) is 0 Å². The van der Waals surface area contributed by atoms with E-state index in [-0.39, 0.29) is 0 Å². The van der Waals surface area contributed by atoms with Gasteiger partial charge in [0.05, 0.1) is 6.33 Å². The molecule has 0 amide bonds. The molecule has 3 aromatic rings. The summed E-state index contributed by atoms with van der Waals surface area (Å²) in [4.78, 5) is 11.3. The highest BCUT2D eigenvalue weighted by Gasteiger charge is 2.01. The second kappa shape index (κ2) is 4.98. The van der Waals surface area contributed by atoms with Gasteiger partial charge in [-0.25, -0.2) is 4.98 Å². The number of hydrogen-bond donors (Lipinski definition) is 2. The van der Waals surface area contributed by atoms with Gasteiger partial charge in [0.25, 0.3) is 0 Å². The summed E-state index contributed by atoms with van der Waals surface area (Å²) in [6.45, 7) is 1.58. The predicted molar refractivity (Wildman–Crippen MR) is 70.9 cm³/mol. The molecular weight excluding hydrogens is 224 g/mol. The Morgan fingerprint density at radius 3 is 2.83 bits per heavy atom. The summed E-state index contributed by atoms with van der Waals surface area (Å²) in [5.41, 5.74) is 2.30. The molecule has 0 aliphatic carbocycles. The molecule has 0 saturated carbocycles. The number of H-pyrrole nitrogens is 1. The highest BCUT2D eigenvalue weighted by Crippen LogP contribution is 2.16. The summed E-state index contributed by atoms with van der Waals surface area (Å²) >= 11 is 0. The molecule has 0 saturated heterocycles. The van der Waals surface area contributed by atoms with Crippen LogP contribution in [0.3, 0.4) is 0 Å². The summed E-state index contributed by atoms with van der Waals surface area (Å²) in [6, 6.07) is 8.30. The Labute approximate surface area is 105 Å². The summed E-state index contributed by atoms with van der Waals surface area (Å²) in [6.07, 6.45) is 7.33. The fourth-order valence-electron chi connectivity index (χ4n) is 2.03. The highest BCUT2D eigenvalue weighted by atomic mass is 14.9. The topological polar surface area (TPSA) is 53.6 Å². The number of rotatable bonds is 4. The molecule has 0 radical (unpaired) electrons. The molecule has 4 heteroatoms. The number of imidazole rings is 1. The first-order valence-electron chi connectivity index (χ1n) is 5.93. The molecule has 4 nitrogen and oxygen atoms in total. The van der Waals surface area contributed by atoms with Crippen LogP contribution in [0.2, 0.25) is 0 Å². The van der Waals surface area contributed by atoms with Crippen molar-refractivity contribution in [1.82, 2.24) is 20.3 Å². The Bertz CT molecular complexity index is 626. The second-order valence-corrected chi connectivity index (χ2v) is 4.20. The third-order valence-electron chi connectivity index (χ3n) is 2.94. The van der Waals surface area contributed by atoms with Crippen LogP contribution in [0.25, 0.3) is 10.8 Å². The molecule has 0 unspecified atom stereocenters. The summed E-state index contributed by atoms with van der Waals surface area (Å²) in [5, 5.41) is 5.82. The Morgan fingerprint density at radius 2 is 1.94 bits per heavy atom. The van der Waals surface area contributed by atoms with Crippen molar-refractivity contribution < 1.29 is 0 Å². The van der Waals surface area contributed by atoms with Crippen LogP contribution >= 0.6 is 0 Å². The van der Waals surface area contributed by atoms with E-state index in [1.807, 2.05) is 24.7 Å². The Morgan fingerprint density at radius 1 is 1.00 bits per heavy atom. The number of aromatic nitrogens is 3. The molecule has 0 spiro atoms. The van der Waals surface area contributed by atoms with Gasteiger partial charge >= 0.3 is 0 Å². The SMILES string of the molecule is c1ccc2c(CNCc3cnc[nH]3)cncc2c1. The van der Waals surface area contributed by atoms with Gasteiger partial charge in [0.2, 0.25) is 0 Å². The quantitative estimate of drug-likeness (QED) is 0.733. The highest BCUT2D eigenvalue weighted by molar-refractivity contribution is 5.84. The predicted octanol–water partition coefficient (Wildman–Crippen LogP) is 2.25. The van der Waals surface area contributed by atoms with Crippen molar-refractivity contribution in [2.45, 2.75) is 13.1 Å². The molecule has 0 aliphatic rings. The maximum absolute atomic E-state index is 4.27. The molecule has 2 N–H and O–H groups in total. The van der Waals surface area contributed by atoms with Crippen LogP contribution in [0.15, 0.2) is 49.2 Å². The zero-order valence-corrected chi connectivity index (χ0v) is 9.93. The van der Waals surface area contributed by atoms with Crippen molar-refractivity contribution in [1.29, 1.82) is 0 Å². The number of fused-ring (bicyclic) bond motifs is 1. The van der Waals surface area contributed by atoms with Crippen molar-refractivity contribution in [3.63, 3.8) is 0 Å². The molecule has 0 fully saturated rings. The number of nitrogens with one attached hydrogen (secondary N) is 2. The van der Waals surface area contributed by atoms with Gasteiger partial charge in [0.1, 0.15) is 0 Å². The third-order valence-corrected chi connectivity index (χ3v) is 2.94. The van der Waals surface area contributed by atoms with E-state index in [1.165, 1.54) is 16.3 Å². The minimum Gasteiger partial charge on any atom is -0.347 e. The first kappa shape index (κ1) is 10.9. The average molecular weight is 238 g/mol. The van der Waals surface area contributed by atoms with Gasteiger partial charge in [-0.1, -0.05) is 24.3 Å². The normalized spacial score (nSPS) is 10.9. The maximum Gasteiger partial charge on any atom is 0.0922 e. The number of nitrogens with zero attached hydrogens (tertiary/aromatic N) is 2. The number of hydrogen-bond acceptors (Lipinski definition) is 3. The fraction of sp³-hybridized carbons (Fsp3) is 0.143. The van der Waals surface area contributed by atoms with Crippen molar-refractivity contribution in [2.24, 2.45) is 0 Å². The third kappa shape index (κ3) is 2.24. The van der Waals surface area contributed by atoms with Crippen LogP contribution < -0.4 is 5.32 Å². The summed E-state index contributed by atoms with van der Waals surface area (Å²) < 4.78 is 0. The van der Waals surface area contributed by atoms with Gasteiger partial charge in [-0.15, -0.1) is 0 Å². The standard InChI is InChI=1S/C14H14N4/c1-2-4-14-11(3-1)5-15-6-12(14)7-16-8-13-9-17-10-18-13/h1-6,9-10,16H,7-8H2,(H,17,18). The first-order valence-corrected chi connectivity index (χ1v) is 5.93. The molecule has 2 heterocycles. The Balaban J connectivity index is 1.74. The molecule has 0 bridgehead atoms. The molecule has 0 aliphatic heterocycles. The van der Waals surface area contributed by atoms with E-state index in [2.05, 4.69) is 38.5 Å². The largest absolute Gasteiger partial charge is 0.347 e. The number of benzene rings is 1. The summed E-state index contributed by atoms with van der Waals surface area (Å²) in [7, 11) is 0. The Hall–Kier alpha value is -2.20. The van der Waals surface area contributed by atoms with Gasteiger partial charge < -0.3 is 10.3 Å². The monoisotopic (exact) mass is 238 g/mol. The molecule has 2 aromatic heterocycles. The van der Waals surface area contributed by atoms with E-state index in [9.17, 15) is 0 Å². The van der Waals surface area contributed by atoms with Crippen molar-refractivity contribution in [3.05, 3.63) is 60.4 Å². The van der Waals surface area contributed by atoms with Crippen LogP contribution in [0.5, 0.6) is 0 Å². The van der Waals surface area contributed by atoms with E-state index >= 15 is 0 Å². The zero-order chi connectivity index (χ0) is 12.2. The number of aromatic amines is 1. The van der Waals surface area contributed by atoms with Crippen LogP contribution in [0.1, 0.15) is 11.3 Å². The lowest BCUT2D eigenvalue weighted by Gasteiger charge is -2.06. The molecule has 18 heavy (non-hydrogen) atoms. The zero-order valence-electron chi connectivity index (χ0n) is 9.93. The smallest absolute Gasteiger partial charge is 0.0922 e. The molecule has 90 valence electrons. The first-order chi connectivity index (χ1) is 8.93. The van der Waals surface area contributed by atoms with Crippen LogP contribution in [-0.2, 0) is 13.1 Å². The summed E-state index contributed by atoms with van der Waals surface area (Å²) in [5.74, 6) is 0. The molecule has 0 atom stereocenters. The van der Waals surface area contributed by atoms with E-state index in [1.54, 1.807) is 6.33 Å². The fourth-order valence-corrected chi connectivity index (χ4v) is 2.03. The lowest BCUT2D eigenvalue weighted by atomic mass is 10.1. The van der Waals surface area contributed by atoms with Gasteiger partial charge in [0, 0.05) is 42.8 Å². The maximum atomic E-state index is 4.27. The molecule has 3 rings (SSSR count). The van der Waals surface area contributed by atoms with Gasteiger partial charge in [-0.2, -0.15) is 0 Å². The Kier molecular flexibility index (Phi) is 3.02. The molecular formula is C14H14N4. The lowest BCUT2D eigenvalue weighted by molar-refractivity contribution is 0.684. The average Bonchev–Trinajstić information content (AvgIpc) is 2.92. The van der Waals surface area contributed by atoms with Gasteiger partial charge in [-0.3, -0.25) is 4.98 Å². The number of pyridine rings is 1. The lowest BCUT2D eigenvalue weighted by Crippen LogP contribution is -2.13. The second-order valence-electron chi connectivity index (χ2n) is 4.20. The van der Waals surface area contributed by atoms with Crippen molar-refractivity contribution in [2.75, 3.05) is 0 Å². The van der Waals surface area contributed by atoms with Gasteiger partial charge in [-0.05, 0) is 10.9 Å².